The van der Waals surface area contributed by atoms with E-state index in [0.717, 1.165) is 0 Å². The molecule has 0 aliphatic heterocycles. The summed E-state index contributed by atoms with van der Waals surface area (Å²) < 4.78 is 4.72. The normalized spacial score (nSPS) is 10.0. The van der Waals surface area contributed by atoms with Gasteiger partial charge in [-0.1, -0.05) is 0 Å². The molecule has 0 saturated carbocycles. The Morgan fingerprint density at radius 1 is 1.27 bits per heavy atom. The Hall–Kier alpha value is -3.00. The number of aromatic nitrogens is 1. The minimum absolute atomic E-state index is 0.0276. The van der Waals surface area contributed by atoms with Gasteiger partial charge in [-0.2, -0.15) is 0 Å². The molecule has 2 rings (SSSR count). The summed E-state index contributed by atoms with van der Waals surface area (Å²) in [4.78, 5) is 25.7. The number of nitro groups is 1. The number of carbonyl (C=O) groups excluding carboxylic acids is 1. The van der Waals surface area contributed by atoms with Crippen molar-refractivity contribution in [3.05, 3.63) is 52.7 Å². The largest absolute Gasteiger partial charge is 0.375 e. The van der Waals surface area contributed by atoms with E-state index < -0.39 is 4.92 Å². The van der Waals surface area contributed by atoms with E-state index in [0.29, 0.717) is 11.4 Å². The summed E-state index contributed by atoms with van der Waals surface area (Å²) >= 11 is 0. The maximum Gasteiger partial charge on any atom is 0.311 e. The summed E-state index contributed by atoms with van der Waals surface area (Å²) in [5.41, 5.74) is 1.11. The molecule has 0 radical (unpaired) electrons. The highest BCUT2D eigenvalue weighted by atomic mass is 16.6. The van der Waals surface area contributed by atoms with Crippen LogP contribution in [0.5, 0.6) is 0 Å². The van der Waals surface area contributed by atoms with Crippen LogP contribution in [0, 0.1) is 10.1 Å². The van der Waals surface area contributed by atoms with Crippen molar-refractivity contribution in [2.75, 3.05) is 24.4 Å². The van der Waals surface area contributed by atoms with Gasteiger partial charge in [0.1, 0.15) is 6.61 Å². The van der Waals surface area contributed by atoms with Crippen molar-refractivity contribution in [1.82, 2.24) is 4.98 Å². The number of anilines is 3. The Kier molecular flexibility index (Phi) is 4.99. The van der Waals surface area contributed by atoms with E-state index in [9.17, 15) is 14.9 Å². The first-order valence-corrected chi connectivity index (χ1v) is 6.35. The molecule has 1 heterocycles. The van der Waals surface area contributed by atoms with Crippen LogP contribution in [0.1, 0.15) is 0 Å². The molecule has 22 heavy (non-hydrogen) atoms. The molecule has 1 aromatic carbocycles. The van der Waals surface area contributed by atoms with Gasteiger partial charge in [-0.05, 0) is 30.3 Å². The molecule has 2 aromatic rings. The van der Waals surface area contributed by atoms with Gasteiger partial charge in [0.15, 0.2) is 0 Å². The van der Waals surface area contributed by atoms with E-state index in [1.54, 1.807) is 24.3 Å². The Labute approximate surface area is 126 Å². The van der Waals surface area contributed by atoms with Crippen LogP contribution in [0.2, 0.25) is 0 Å². The second kappa shape index (κ2) is 7.14. The topological polar surface area (TPSA) is 106 Å². The molecular formula is C14H14N4O4. The van der Waals surface area contributed by atoms with Crippen molar-refractivity contribution in [1.29, 1.82) is 0 Å². The fourth-order valence-electron chi connectivity index (χ4n) is 1.74. The summed E-state index contributed by atoms with van der Waals surface area (Å²) in [7, 11) is 1.44. The zero-order valence-corrected chi connectivity index (χ0v) is 11.8. The van der Waals surface area contributed by atoms with E-state index in [1.807, 2.05) is 0 Å². The second-order valence-corrected chi connectivity index (χ2v) is 4.31. The Morgan fingerprint density at radius 2 is 1.95 bits per heavy atom. The lowest BCUT2D eigenvalue weighted by atomic mass is 10.2. The van der Waals surface area contributed by atoms with Crippen molar-refractivity contribution < 1.29 is 14.5 Å². The predicted molar refractivity (Wildman–Crippen MR) is 81.1 cm³/mol. The molecule has 8 heteroatoms. The van der Waals surface area contributed by atoms with Crippen LogP contribution >= 0.6 is 0 Å². The van der Waals surface area contributed by atoms with Gasteiger partial charge < -0.3 is 15.4 Å². The third kappa shape index (κ3) is 4.00. The van der Waals surface area contributed by atoms with Gasteiger partial charge in [0.05, 0.1) is 4.92 Å². The molecule has 0 aliphatic carbocycles. The van der Waals surface area contributed by atoms with Gasteiger partial charge in [0.25, 0.3) is 0 Å². The quantitative estimate of drug-likeness (QED) is 0.626. The number of nitrogens with one attached hydrogen (secondary N) is 2. The summed E-state index contributed by atoms with van der Waals surface area (Å²) in [5.74, 6) is -0.104. The van der Waals surface area contributed by atoms with E-state index in [4.69, 9.17) is 4.74 Å². The number of pyridine rings is 1. The maximum absolute atomic E-state index is 11.4. The number of nitrogens with zero attached hydrogens (tertiary/aromatic N) is 2. The SMILES string of the molecule is COCC(=O)Nc1ccc(Nc2ncccc2[N+](=O)[O-])cc1. The molecule has 1 aromatic heterocycles. The van der Waals surface area contributed by atoms with Gasteiger partial charge in [0, 0.05) is 30.7 Å². The third-order valence-electron chi connectivity index (χ3n) is 2.69. The Morgan fingerprint density at radius 3 is 2.59 bits per heavy atom. The molecule has 0 spiro atoms. The van der Waals surface area contributed by atoms with Crippen LogP contribution in [0.25, 0.3) is 0 Å². The third-order valence-corrected chi connectivity index (χ3v) is 2.69. The number of rotatable bonds is 6. The lowest BCUT2D eigenvalue weighted by Gasteiger charge is -2.08. The van der Waals surface area contributed by atoms with Crippen LogP contribution in [0.4, 0.5) is 22.9 Å². The highest BCUT2D eigenvalue weighted by molar-refractivity contribution is 5.91. The number of ether oxygens (including phenoxy) is 1. The molecule has 1 amide bonds. The summed E-state index contributed by atoms with van der Waals surface area (Å²) in [6.45, 7) is -0.0276. The molecule has 114 valence electrons. The van der Waals surface area contributed by atoms with Gasteiger partial charge in [-0.15, -0.1) is 0 Å². The molecule has 0 atom stereocenters. The van der Waals surface area contributed by atoms with Crippen LogP contribution in [0.3, 0.4) is 0 Å². The average Bonchev–Trinajstić information content (AvgIpc) is 2.50. The second-order valence-electron chi connectivity index (χ2n) is 4.31. The number of carbonyl (C=O) groups is 1. The van der Waals surface area contributed by atoms with Gasteiger partial charge in [-0.3, -0.25) is 14.9 Å². The first kappa shape index (κ1) is 15.4. The minimum atomic E-state index is -0.505. The van der Waals surface area contributed by atoms with Crippen molar-refractivity contribution in [3.8, 4) is 0 Å². The molecular weight excluding hydrogens is 288 g/mol. The lowest BCUT2D eigenvalue weighted by Crippen LogP contribution is -2.16. The predicted octanol–water partition coefficient (Wildman–Crippen LogP) is 2.32. The van der Waals surface area contributed by atoms with Gasteiger partial charge in [0.2, 0.25) is 11.7 Å². The molecule has 0 bridgehead atoms. The zero-order chi connectivity index (χ0) is 15.9. The maximum atomic E-state index is 11.4. The van der Waals surface area contributed by atoms with E-state index >= 15 is 0 Å². The van der Waals surface area contributed by atoms with Crippen LogP contribution in [-0.2, 0) is 9.53 Å². The lowest BCUT2D eigenvalue weighted by molar-refractivity contribution is -0.384. The standard InChI is InChI=1S/C14H14N4O4/c1-22-9-13(19)16-10-4-6-11(7-5-10)17-14-12(18(20)21)3-2-8-15-14/h2-8H,9H2,1H3,(H,15,17)(H,16,19). The average molecular weight is 302 g/mol. The van der Waals surface area contributed by atoms with E-state index in [1.165, 1.54) is 25.4 Å². The number of hydrogen-bond acceptors (Lipinski definition) is 6. The smallest absolute Gasteiger partial charge is 0.311 e. The van der Waals surface area contributed by atoms with Crippen LogP contribution in [-0.4, -0.2) is 29.5 Å². The molecule has 0 fully saturated rings. The molecule has 0 aliphatic rings. The van der Waals surface area contributed by atoms with Gasteiger partial charge >= 0.3 is 5.69 Å². The van der Waals surface area contributed by atoms with Crippen molar-refractivity contribution in [3.63, 3.8) is 0 Å². The zero-order valence-electron chi connectivity index (χ0n) is 11.8. The summed E-state index contributed by atoms with van der Waals surface area (Å²) in [5, 5.41) is 16.4. The highest BCUT2D eigenvalue weighted by Gasteiger charge is 2.13. The van der Waals surface area contributed by atoms with Crippen LogP contribution in [0.15, 0.2) is 42.6 Å². The minimum Gasteiger partial charge on any atom is -0.375 e. The Balaban J connectivity index is 2.09. The number of methoxy groups -OCH3 is 1. The number of hydrogen-bond donors (Lipinski definition) is 2. The van der Waals surface area contributed by atoms with Gasteiger partial charge in [-0.25, -0.2) is 4.98 Å². The molecule has 2 N–H and O–H groups in total. The summed E-state index contributed by atoms with van der Waals surface area (Å²) in [6, 6.07) is 9.57. The Bertz CT molecular complexity index is 673. The van der Waals surface area contributed by atoms with E-state index in [-0.39, 0.29) is 24.0 Å². The highest BCUT2D eigenvalue weighted by Crippen LogP contribution is 2.25. The fraction of sp³-hybridized carbons (Fsp3) is 0.143. The number of amides is 1. The van der Waals surface area contributed by atoms with Crippen molar-refractivity contribution in [2.45, 2.75) is 0 Å². The van der Waals surface area contributed by atoms with Crippen molar-refractivity contribution in [2.24, 2.45) is 0 Å². The van der Waals surface area contributed by atoms with Crippen molar-refractivity contribution >= 4 is 28.8 Å². The molecule has 0 saturated heterocycles. The first-order valence-electron chi connectivity index (χ1n) is 6.35. The monoisotopic (exact) mass is 302 g/mol. The molecule has 0 unspecified atom stereocenters. The fourth-order valence-corrected chi connectivity index (χ4v) is 1.74. The number of benzene rings is 1. The summed E-state index contributed by atoms with van der Waals surface area (Å²) in [6.07, 6.45) is 1.47. The van der Waals surface area contributed by atoms with Crippen LogP contribution < -0.4 is 10.6 Å². The first-order chi connectivity index (χ1) is 10.6. The molecule has 8 nitrogen and oxygen atoms in total. The van der Waals surface area contributed by atoms with E-state index in [2.05, 4.69) is 15.6 Å².